The third kappa shape index (κ3) is 3.20. The molecule has 2 aromatic carbocycles. The van der Waals surface area contributed by atoms with Crippen LogP contribution in [0.3, 0.4) is 0 Å². The summed E-state index contributed by atoms with van der Waals surface area (Å²) in [6.07, 6.45) is 0. The summed E-state index contributed by atoms with van der Waals surface area (Å²) < 4.78 is 0.484. The molecule has 0 nitrogen and oxygen atoms in total. The van der Waals surface area contributed by atoms with Crippen LogP contribution >= 0.6 is 12.4 Å². The van der Waals surface area contributed by atoms with Crippen LogP contribution < -0.4 is 0 Å². The fraction of sp³-hybridized carbons (Fsp3) is 0.0769. The zero-order valence-corrected chi connectivity index (χ0v) is 10.6. The van der Waals surface area contributed by atoms with Gasteiger partial charge in [-0.3, -0.25) is 0 Å². The van der Waals surface area contributed by atoms with Crippen LogP contribution in [0.4, 0.5) is 0 Å². The molecule has 0 N–H and O–H groups in total. The molecule has 0 saturated carbocycles. The fourth-order valence-electron chi connectivity index (χ4n) is 1.48. The van der Waals surface area contributed by atoms with Crippen molar-refractivity contribution in [2.45, 2.75) is 4.22 Å². The first-order chi connectivity index (χ1) is 6.88. The van der Waals surface area contributed by atoms with Crippen molar-refractivity contribution < 1.29 is 20.4 Å². The van der Waals surface area contributed by atoms with Crippen LogP contribution in [0.25, 0.3) is 0 Å². The number of benzene rings is 2. The summed E-state index contributed by atoms with van der Waals surface area (Å²) in [5.74, 6) is 0. The maximum absolute atomic E-state index is 2.24. The van der Waals surface area contributed by atoms with E-state index in [-0.39, 0.29) is 12.4 Å². The molecule has 0 radical (unpaired) electrons. The van der Waals surface area contributed by atoms with E-state index in [9.17, 15) is 0 Å². The van der Waals surface area contributed by atoms with E-state index in [4.69, 9.17) is 0 Å². The van der Waals surface area contributed by atoms with Crippen LogP contribution in [0.5, 0.6) is 0 Å². The summed E-state index contributed by atoms with van der Waals surface area (Å²) in [4.78, 5) is 0. The topological polar surface area (TPSA) is 0 Å². The van der Waals surface area contributed by atoms with E-state index in [1.54, 1.807) is 0 Å². The van der Waals surface area contributed by atoms with Gasteiger partial charge in [0.05, 0.1) is 0 Å². The van der Waals surface area contributed by atoms with Gasteiger partial charge in [0.25, 0.3) is 0 Å². The van der Waals surface area contributed by atoms with Gasteiger partial charge in [0.1, 0.15) is 0 Å². The molecular formula is C13H12ClTi. The first-order valence-corrected chi connectivity index (χ1v) is 5.59. The minimum atomic E-state index is 0. The van der Waals surface area contributed by atoms with Crippen LogP contribution in [0.1, 0.15) is 15.3 Å². The number of rotatable bonds is 2. The molecule has 15 heavy (non-hydrogen) atoms. The van der Waals surface area contributed by atoms with Crippen molar-refractivity contribution in [1.29, 1.82) is 0 Å². The summed E-state index contributed by atoms with van der Waals surface area (Å²) in [6, 6.07) is 21.2. The van der Waals surface area contributed by atoms with Crippen molar-refractivity contribution in [3.05, 3.63) is 71.8 Å². The third-order valence-electron chi connectivity index (χ3n) is 2.27. The molecule has 0 bridgehead atoms. The van der Waals surface area contributed by atoms with Gasteiger partial charge in [0.15, 0.2) is 0 Å². The van der Waals surface area contributed by atoms with E-state index in [0.29, 0.717) is 4.22 Å². The van der Waals surface area contributed by atoms with Crippen LogP contribution in [-0.4, -0.2) is 0 Å². The van der Waals surface area contributed by atoms with E-state index in [0.717, 1.165) is 0 Å². The summed E-state index contributed by atoms with van der Waals surface area (Å²) in [6.45, 7) is 0. The van der Waals surface area contributed by atoms with E-state index in [1.165, 1.54) is 11.1 Å². The molecule has 2 aromatic rings. The van der Waals surface area contributed by atoms with Crippen molar-refractivity contribution in [1.82, 2.24) is 0 Å². The summed E-state index contributed by atoms with van der Waals surface area (Å²) >= 11 is 2.24. The van der Waals surface area contributed by atoms with Gasteiger partial charge in [-0.15, -0.1) is 12.4 Å². The molecular weight excluding hydrogens is 239 g/mol. The van der Waals surface area contributed by atoms with Gasteiger partial charge >= 0.3 is 96.4 Å². The van der Waals surface area contributed by atoms with Crippen molar-refractivity contribution >= 4 is 12.4 Å². The molecule has 0 aromatic heterocycles. The second kappa shape index (κ2) is 6.12. The Labute approximate surface area is 109 Å². The Bertz CT molecular complexity index is 346. The summed E-state index contributed by atoms with van der Waals surface area (Å²) in [7, 11) is 0. The average Bonchev–Trinajstić information content (AvgIpc) is 2.30. The first-order valence-electron chi connectivity index (χ1n) is 4.69. The fourth-order valence-corrected chi connectivity index (χ4v) is 2.08. The second-order valence-electron chi connectivity index (χ2n) is 3.25. The molecule has 0 unspecified atom stereocenters. The minimum absolute atomic E-state index is 0. The van der Waals surface area contributed by atoms with Crippen LogP contribution in [0.15, 0.2) is 60.7 Å². The average molecular weight is 252 g/mol. The molecule has 2 heteroatoms. The SMILES string of the molecule is Cl.[Ti][CH](c1ccccc1)c1ccccc1. The van der Waals surface area contributed by atoms with Gasteiger partial charge in [-0.25, -0.2) is 0 Å². The van der Waals surface area contributed by atoms with E-state index in [2.05, 4.69) is 81.1 Å². The standard InChI is InChI=1S/C13H11.ClH.Ti/c1-3-7-12(8-4-1)11-13-9-5-2-6-10-13;;/h1-11H;1H;. The molecule has 0 heterocycles. The zero-order chi connectivity index (χ0) is 9.80. The third-order valence-corrected chi connectivity index (χ3v) is 3.31. The quantitative estimate of drug-likeness (QED) is 0.713. The van der Waals surface area contributed by atoms with Gasteiger partial charge in [-0.2, -0.15) is 0 Å². The summed E-state index contributed by atoms with van der Waals surface area (Å²) in [5, 5.41) is 0. The maximum atomic E-state index is 2.24. The van der Waals surface area contributed by atoms with E-state index < -0.39 is 0 Å². The van der Waals surface area contributed by atoms with E-state index >= 15 is 0 Å². The Morgan fingerprint density at radius 2 is 1.00 bits per heavy atom. The Morgan fingerprint density at radius 3 is 1.33 bits per heavy atom. The second-order valence-corrected chi connectivity index (χ2v) is 4.16. The molecule has 0 aliphatic carbocycles. The predicted molar refractivity (Wildman–Crippen MR) is 62.0 cm³/mol. The van der Waals surface area contributed by atoms with Crippen LogP contribution in [-0.2, 0) is 20.4 Å². The molecule has 0 aliphatic heterocycles. The molecule has 0 atom stereocenters. The molecule has 2 rings (SSSR count). The Morgan fingerprint density at radius 1 is 0.667 bits per heavy atom. The molecule has 0 saturated heterocycles. The van der Waals surface area contributed by atoms with Gasteiger partial charge in [0.2, 0.25) is 0 Å². The summed E-state index contributed by atoms with van der Waals surface area (Å²) in [5.41, 5.74) is 2.75. The van der Waals surface area contributed by atoms with Crippen molar-refractivity contribution in [3.63, 3.8) is 0 Å². The van der Waals surface area contributed by atoms with E-state index in [1.807, 2.05) is 0 Å². The molecule has 0 spiro atoms. The predicted octanol–water partition coefficient (Wildman–Crippen LogP) is 3.74. The Hall–Kier alpha value is -0.556. The zero-order valence-electron chi connectivity index (χ0n) is 8.26. The Balaban J connectivity index is 0.00000112. The Kier molecular flexibility index (Phi) is 5.11. The molecule has 0 aliphatic rings. The van der Waals surface area contributed by atoms with Crippen LogP contribution in [0.2, 0.25) is 0 Å². The first kappa shape index (κ1) is 12.5. The van der Waals surface area contributed by atoms with Gasteiger partial charge in [-0.05, 0) is 0 Å². The number of hydrogen-bond donors (Lipinski definition) is 0. The van der Waals surface area contributed by atoms with Crippen molar-refractivity contribution in [3.8, 4) is 0 Å². The van der Waals surface area contributed by atoms with Gasteiger partial charge in [0, 0.05) is 0 Å². The van der Waals surface area contributed by atoms with Crippen LogP contribution in [0, 0.1) is 0 Å². The molecule has 0 amide bonds. The molecule has 0 fully saturated rings. The molecule has 75 valence electrons. The van der Waals surface area contributed by atoms with Gasteiger partial charge in [-0.1, -0.05) is 0 Å². The number of halogens is 1. The monoisotopic (exact) mass is 251 g/mol. The van der Waals surface area contributed by atoms with Crippen molar-refractivity contribution in [2.75, 3.05) is 0 Å². The normalized spacial score (nSPS) is 9.60. The van der Waals surface area contributed by atoms with Crippen molar-refractivity contribution in [2.24, 2.45) is 0 Å². The van der Waals surface area contributed by atoms with Gasteiger partial charge < -0.3 is 0 Å². The number of hydrogen-bond acceptors (Lipinski definition) is 0.